The monoisotopic (exact) mass is 234 g/mol. The first-order valence-electron chi connectivity index (χ1n) is 3.93. The van der Waals surface area contributed by atoms with Crippen LogP contribution in [0.3, 0.4) is 0 Å². The maximum Gasteiger partial charge on any atom is 0.236 e. The van der Waals surface area contributed by atoms with Crippen LogP contribution in [0.2, 0.25) is 5.02 Å². The SMILES string of the molecule is CCc1nc2c(Cl)c(F)nc(F)c2s1. The topological polar surface area (TPSA) is 25.8 Å². The van der Waals surface area contributed by atoms with Crippen LogP contribution in [0.4, 0.5) is 8.78 Å². The summed E-state index contributed by atoms with van der Waals surface area (Å²) in [6.45, 7) is 1.88. The zero-order valence-electron chi connectivity index (χ0n) is 7.14. The van der Waals surface area contributed by atoms with Crippen LogP contribution in [0, 0.1) is 11.9 Å². The fourth-order valence-electron chi connectivity index (χ4n) is 1.09. The van der Waals surface area contributed by atoms with Gasteiger partial charge in [-0.1, -0.05) is 18.5 Å². The molecule has 0 bridgehead atoms. The number of halogens is 3. The molecule has 0 spiro atoms. The molecule has 2 aromatic heterocycles. The second-order valence-corrected chi connectivity index (χ2v) is 4.11. The summed E-state index contributed by atoms with van der Waals surface area (Å²) < 4.78 is 26.3. The van der Waals surface area contributed by atoms with E-state index in [1.165, 1.54) is 0 Å². The molecule has 14 heavy (non-hydrogen) atoms. The standard InChI is InChI=1S/C8H5ClF2N2S/c1-2-3-12-5-4(9)7(10)13-8(11)6(5)14-3/h2H2,1H3. The van der Waals surface area contributed by atoms with Crippen molar-refractivity contribution in [2.24, 2.45) is 0 Å². The lowest BCUT2D eigenvalue weighted by molar-refractivity contribution is 0.523. The molecule has 2 heterocycles. The van der Waals surface area contributed by atoms with E-state index in [0.29, 0.717) is 11.4 Å². The van der Waals surface area contributed by atoms with Crippen molar-refractivity contribution in [1.29, 1.82) is 0 Å². The fraction of sp³-hybridized carbons (Fsp3) is 0.250. The molecular weight excluding hydrogens is 230 g/mol. The van der Waals surface area contributed by atoms with E-state index >= 15 is 0 Å². The molecule has 0 radical (unpaired) electrons. The third-order valence-corrected chi connectivity index (χ3v) is 3.26. The molecule has 0 aliphatic rings. The van der Waals surface area contributed by atoms with Crippen molar-refractivity contribution < 1.29 is 8.78 Å². The Kier molecular flexibility index (Phi) is 2.36. The van der Waals surface area contributed by atoms with Gasteiger partial charge in [-0.15, -0.1) is 11.3 Å². The van der Waals surface area contributed by atoms with Gasteiger partial charge in [-0.05, 0) is 6.42 Å². The Hall–Kier alpha value is -0.810. The molecule has 0 unspecified atom stereocenters. The van der Waals surface area contributed by atoms with Crippen LogP contribution in [0.5, 0.6) is 0 Å². The molecule has 2 aromatic rings. The number of aromatic nitrogens is 2. The van der Waals surface area contributed by atoms with Crippen molar-refractivity contribution in [3.8, 4) is 0 Å². The summed E-state index contributed by atoms with van der Waals surface area (Å²) in [7, 11) is 0. The number of pyridine rings is 1. The van der Waals surface area contributed by atoms with E-state index in [1.807, 2.05) is 6.92 Å². The zero-order chi connectivity index (χ0) is 10.3. The largest absolute Gasteiger partial charge is 0.239 e. The highest BCUT2D eigenvalue weighted by atomic mass is 35.5. The number of aryl methyl sites for hydroxylation is 1. The molecule has 0 aromatic carbocycles. The molecule has 2 rings (SSSR count). The van der Waals surface area contributed by atoms with Gasteiger partial charge < -0.3 is 0 Å². The average Bonchev–Trinajstić information content (AvgIpc) is 2.58. The van der Waals surface area contributed by atoms with E-state index in [2.05, 4.69) is 9.97 Å². The van der Waals surface area contributed by atoms with Crippen molar-refractivity contribution in [3.05, 3.63) is 21.9 Å². The molecule has 0 atom stereocenters. The molecule has 0 saturated heterocycles. The normalized spacial score (nSPS) is 11.1. The van der Waals surface area contributed by atoms with Gasteiger partial charge >= 0.3 is 0 Å². The van der Waals surface area contributed by atoms with E-state index in [-0.39, 0.29) is 15.2 Å². The van der Waals surface area contributed by atoms with Gasteiger partial charge in [0.05, 0.1) is 5.01 Å². The van der Waals surface area contributed by atoms with E-state index in [0.717, 1.165) is 11.3 Å². The van der Waals surface area contributed by atoms with Crippen LogP contribution in [-0.2, 0) is 6.42 Å². The van der Waals surface area contributed by atoms with Crippen LogP contribution in [0.1, 0.15) is 11.9 Å². The predicted molar refractivity (Wildman–Crippen MR) is 51.7 cm³/mol. The molecule has 0 saturated carbocycles. The number of rotatable bonds is 1. The van der Waals surface area contributed by atoms with Crippen LogP contribution in [0.15, 0.2) is 0 Å². The van der Waals surface area contributed by atoms with Crippen LogP contribution < -0.4 is 0 Å². The van der Waals surface area contributed by atoms with Gasteiger partial charge in [0.2, 0.25) is 11.9 Å². The van der Waals surface area contributed by atoms with Crippen LogP contribution in [-0.4, -0.2) is 9.97 Å². The summed E-state index contributed by atoms with van der Waals surface area (Å²) in [6.07, 6.45) is 0.663. The second kappa shape index (κ2) is 3.40. The lowest BCUT2D eigenvalue weighted by Gasteiger charge is -1.94. The summed E-state index contributed by atoms with van der Waals surface area (Å²) in [5, 5.41) is 0.505. The summed E-state index contributed by atoms with van der Waals surface area (Å²) in [6, 6.07) is 0. The quantitative estimate of drug-likeness (QED) is 0.709. The van der Waals surface area contributed by atoms with E-state index in [1.54, 1.807) is 0 Å². The van der Waals surface area contributed by atoms with Gasteiger partial charge in [-0.25, -0.2) is 4.98 Å². The van der Waals surface area contributed by atoms with E-state index in [4.69, 9.17) is 11.6 Å². The van der Waals surface area contributed by atoms with Gasteiger partial charge in [0, 0.05) is 0 Å². The molecule has 0 aliphatic carbocycles. The highest BCUT2D eigenvalue weighted by molar-refractivity contribution is 7.18. The maximum atomic E-state index is 13.1. The summed E-state index contributed by atoms with van der Waals surface area (Å²) in [5.74, 6) is -1.86. The Balaban J connectivity index is 2.84. The lowest BCUT2D eigenvalue weighted by atomic mass is 10.4. The summed E-state index contributed by atoms with van der Waals surface area (Å²) in [5.41, 5.74) is 0.165. The Labute approximate surface area is 87.6 Å². The van der Waals surface area contributed by atoms with Gasteiger partial charge in [-0.2, -0.15) is 13.8 Å². The number of fused-ring (bicyclic) bond motifs is 1. The maximum absolute atomic E-state index is 13.1. The van der Waals surface area contributed by atoms with Gasteiger partial charge in [-0.3, -0.25) is 0 Å². The van der Waals surface area contributed by atoms with Gasteiger partial charge in [0.1, 0.15) is 15.2 Å². The first-order chi connectivity index (χ1) is 6.63. The van der Waals surface area contributed by atoms with Crippen LogP contribution in [0.25, 0.3) is 10.2 Å². The zero-order valence-corrected chi connectivity index (χ0v) is 8.72. The molecule has 6 heteroatoms. The minimum absolute atomic E-state index is 0.165. The third kappa shape index (κ3) is 1.36. The molecule has 0 amide bonds. The van der Waals surface area contributed by atoms with Crippen LogP contribution >= 0.6 is 22.9 Å². The average molecular weight is 235 g/mol. The Bertz CT molecular complexity index is 498. The molecule has 2 nitrogen and oxygen atoms in total. The number of thiazole rings is 1. The first-order valence-corrected chi connectivity index (χ1v) is 5.12. The van der Waals surface area contributed by atoms with Crippen molar-refractivity contribution >= 4 is 33.2 Å². The van der Waals surface area contributed by atoms with E-state index < -0.39 is 11.9 Å². The van der Waals surface area contributed by atoms with Gasteiger partial charge in [0.15, 0.2) is 0 Å². The summed E-state index contributed by atoms with van der Waals surface area (Å²) >= 11 is 6.76. The van der Waals surface area contributed by atoms with Crippen molar-refractivity contribution in [3.63, 3.8) is 0 Å². The Morgan fingerprint density at radius 2 is 2.00 bits per heavy atom. The fourth-order valence-corrected chi connectivity index (χ4v) is 2.21. The van der Waals surface area contributed by atoms with Crippen molar-refractivity contribution in [1.82, 2.24) is 9.97 Å². The van der Waals surface area contributed by atoms with Crippen molar-refractivity contribution in [2.45, 2.75) is 13.3 Å². The Morgan fingerprint density at radius 3 is 2.64 bits per heavy atom. The number of hydrogen-bond donors (Lipinski definition) is 0. The molecule has 0 aliphatic heterocycles. The first kappa shape index (κ1) is 9.73. The lowest BCUT2D eigenvalue weighted by Crippen LogP contribution is -1.90. The Morgan fingerprint density at radius 1 is 1.29 bits per heavy atom. The minimum atomic E-state index is -1.01. The second-order valence-electron chi connectivity index (χ2n) is 2.65. The van der Waals surface area contributed by atoms with Crippen molar-refractivity contribution in [2.75, 3.05) is 0 Å². The predicted octanol–water partition coefficient (Wildman–Crippen LogP) is 3.19. The van der Waals surface area contributed by atoms with Gasteiger partial charge in [0.25, 0.3) is 0 Å². The smallest absolute Gasteiger partial charge is 0.236 e. The molecular formula is C8H5ClF2N2S. The summed E-state index contributed by atoms with van der Waals surface area (Å²) in [4.78, 5) is 7.07. The molecule has 0 fully saturated rings. The molecule has 74 valence electrons. The third-order valence-electron chi connectivity index (χ3n) is 1.75. The van der Waals surface area contributed by atoms with E-state index in [9.17, 15) is 8.78 Å². The number of hydrogen-bond acceptors (Lipinski definition) is 3. The number of nitrogens with zero attached hydrogens (tertiary/aromatic N) is 2. The highest BCUT2D eigenvalue weighted by Gasteiger charge is 2.16. The minimum Gasteiger partial charge on any atom is -0.239 e. The molecule has 0 N–H and O–H groups in total. The highest BCUT2D eigenvalue weighted by Crippen LogP contribution is 2.30.